The Bertz CT molecular complexity index is 944. The number of H-pyrrole nitrogens is 1. The van der Waals surface area contributed by atoms with Crippen LogP contribution in [0.1, 0.15) is 34.5 Å². The maximum Gasteiger partial charge on any atom is 0.251 e. The number of fused-ring (bicyclic) bond motifs is 3. The van der Waals surface area contributed by atoms with E-state index in [0.717, 1.165) is 29.9 Å². The molecule has 0 radical (unpaired) electrons. The molecule has 0 bridgehead atoms. The van der Waals surface area contributed by atoms with Gasteiger partial charge in [-0.1, -0.05) is 0 Å². The van der Waals surface area contributed by atoms with E-state index in [4.69, 9.17) is 9.47 Å². The van der Waals surface area contributed by atoms with Gasteiger partial charge >= 0.3 is 0 Å². The van der Waals surface area contributed by atoms with Crippen LogP contribution < -0.4 is 14.8 Å². The van der Waals surface area contributed by atoms with Crippen LogP contribution in [-0.2, 0) is 12.8 Å². The predicted octanol–water partition coefficient (Wildman–Crippen LogP) is 3.86. The molecular formula is C22H24N2O3. The fourth-order valence-corrected chi connectivity index (χ4v) is 3.65. The number of aryl methyl sites for hydroxylation is 2. The molecule has 0 saturated heterocycles. The molecule has 0 spiro atoms. The molecule has 1 aliphatic rings. The van der Waals surface area contributed by atoms with E-state index in [9.17, 15) is 4.79 Å². The first-order valence-corrected chi connectivity index (χ1v) is 9.43. The van der Waals surface area contributed by atoms with Crippen LogP contribution in [0.3, 0.4) is 0 Å². The lowest BCUT2D eigenvalue weighted by atomic mass is 9.95. The predicted molar refractivity (Wildman–Crippen MR) is 106 cm³/mol. The Hall–Kier alpha value is -2.95. The van der Waals surface area contributed by atoms with E-state index in [1.807, 2.05) is 42.5 Å². The fourth-order valence-electron chi connectivity index (χ4n) is 3.65. The highest BCUT2D eigenvalue weighted by atomic mass is 16.5. The molecule has 2 N–H and O–H groups in total. The van der Waals surface area contributed by atoms with Crippen molar-refractivity contribution in [3.8, 4) is 11.5 Å². The van der Waals surface area contributed by atoms with Crippen molar-refractivity contribution in [1.82, 2.24) is 10.3 Å². The summed E-state index contributed by atoms with van der Waals surface area (Å²) in [4.78, 5) is 16.0. The summed E-state index contributed by atoms with van der Waals surface area (Å²) in [5.74, 6) is 1.48. The van der Waals surface area contributed by atoms with Crippen molar-refractivity contribution in [2.24, 2.45) is 0 Å². The summed E-state index contributed by atoms with van der Waals surface area (Å²) in [5, 5.41) is 4.12. The number of nitrogens with one attached hydrogen (secondary N) is 2. The van der Waals surface area contributed by atoms with Crippen LogP contribution in [-0.4, -0.2) is 31.2 Å². The van der Waals surface area contributed by atoms with Crippen molar-refractivity contribution in [2.75, 3.05) is 20.3 Å². The number of ether oxygens (including phenoxy) is 2. The van der Waals surface area contributed by atoms with Gasteiger partial charge in [-0.15, -0.1) is 0 Å². The molecule has 0 unspecified atom stereocenters. The third-order valence-electron chi connectivity index (χ3n) is 5.08. The summed E-state index contributed by atoms with van der Waals surface area (Å²) < 4.78 is 10.8. The standard InChI is InChI=1S/C22H24N2O3/c1-26-16-7-9-17(10-8-16)27-13-12-23-22(25)15-6-11-21-19(14-15)18-4-2-3-5-20(18)24-21/h6-11,14,24H,2-5,12-13H2,1H3,(H,23,25). The lowest BCUT2D eigenvalue weighted by molar-refractivity contribution is 0.0947. The van der Waals surface area contributed by atoms with Crippen molar-refractivity contribution >= 4 is 16.8 Å². The number of benzene rings is 2. The molecule has 2 aromatic carbocycles. The monoisotopic (exact) mass is 364 g/mol. The zero-order valence-electron chi connectivity index (χ0n) is 15.5. The first-order valence-electron chi connectivity index (χ1n) is 9.43. The summed E-state index contributed by atoms with van der Waals surface area (Å²) in [6.45, 7) is 0.869. The second kappa shape index (κ2) is 7.74. The summed E-state index contributed by atoms with van der Waals surface area (Å²) in [7, 11) is 1.63. The fraction of sp³-hybridized carbons (Fsp3) is 0.318. The van der Waals surface area contributed by atoms with Crippen LogP contribution in [0.2, 0.25) is 0 Å². The van der Waals surface area contributed by atoms with Crippen LogP contribution in [0.5, 0.6) is 11.5 Å². The lowest BCUT2D eigenvalue weighted by Gasteiger charge is -2.11. The highest BCUT2D eigenvalue weighted by Crippen LogP contribution is 2.29. The van der Waals surface area contributed by atoms with Gasteiger partial charge in [0, 0.05) is 22.2 Å². The van der Waals surface area contributed by atoms with E-state index in [-0.39, 0.29) is 5.91 Å². The number of carbonyl (C=O) groups is 1. The second-order valence-electron chi connectivity index (χ2n) is 6.83. The molecule has 1 aromatic heterocycles. The Balaban J connectivity index is 1.35. The van der Waals surface area contributed by atoms with Gasteiger partial charge in [0.2, 0.25) is 0 Å². The summed E-state index contributed by atoms with van der Waals surface area (Å²) in [5.41, 5.74) is 4.54. The molecular weight excluding hydrogens is 340 g/mol. The molecule has 1 heterocycles. The van der Waals surface area contributed by atoms with Gasteiger partial charge in [-0.05, 0) is 73.7 Å². The summed E-state index contributed by atoms with van der Waals surface area (Å²) >= 11 is 0. The SMILES string of the molecule is COc1ccc(OCCNC(=O)c2ccc3[nH]c4c(c3c2)CCCC4)cc1. The Labute approximate surface area is 158 Å². The zero-order valence-corrected chi connectivity index (χ0v) is 15.5. The van der Waals surface area contributed by atoms with Crippen LogP contribution in [0, 0.1) is 0 Å². The van der Waals surface area contributed by atoms with E-state index in [1.54, 1.807) is 7.11 Å². The Morgan fingerprint density at radius 1 is 1.07 bits per heavy atom. The second-order valence-corrected chi connectivity index (χ2v) is 6.83. The van der Waals surface area contributed by atoms with E-state index < -0.39 is 0 Å². The van der Waals surface area contributed by atoms with Crippen molar-refractivity contribution in [2.45, 2.75) is 25.7 Å². The Morgan fingerprint density at radius 2 is 1.85 bits per heavy atom. The molecule has 0 saturated carbocycles. The molecule has 3 aromatic rings. The van der Waals surface area contributed by atoms with Crippen molar-refractivity contribution in [3.05, 3.63) is 59.3 Å². The topological polar surface area (TPSA) is 63.4 Å². The van der Waals surface area contributed by atoms with Gasteiger partial charge in [-0.3, -0.25) is 4.79 Å². The third kappa shape index (κ3) is 3.77. The molecule has 1 amide bonds. The van der Waals surface area contributed by atoms with Gasteiger partial charge < -0.3 is 19.8 Å². The van der Waals surface area contributed by atoms with Gasteiger partial charge in [-0.25, -0.2) is 0 Å². The molecule has 27 heavy (non-hydrogen) atoms. The minimum absolute atomic E-state index is 0.0685. The molecule has 5 heteroatoms. The minimum Gasteiger partial charge on any atom is -0.497 e. The van der Waals surface area contributed by atoms with Crippen LogP contribution in [0.15, 0.2) is 42.5 Å². The molecule has 0 atom stereocenters. The first-order chi connectivity index (χ1) is 13.2. The zero-order chi connectivity index (χ0) is 18.6. The number of hydrogen-bond acceptors (Lipinski definition) is 3. The van der Waals surface area contributed by atoms with Crippen LogP contribution in [0.4, 0.5) is 0 Å². The van der Waals surface area contributed by atoms with Crippen molar-refractivity contribution < 1.29 is 14.3 Å². The van der Waals surface area contributed by atoms with Gasteiger partial charge in [0.1, 0.15) is 18.1 Å². The van der Waals surface area contributed by atoms with E-state index in [0.29, 0.717) is 18.7 Å². The summed E-state index contributed by atoms with van der Waals surface area (Å²) in [6.07, 6.45) is 4.66. The van der Waals surface area contributed by atoms with Gasteiger partial charge in [0.15, 0.2) is 0 Å². The van der Waals surface area contributed by atoms with E-state index in [1.165, 1.54) is 29.5 Å². The maximum absolute atomic E-state index is 12.5. The Morgan fingerprint density at radius 3 is 2.67 bits per heavy atom. The molecule has 1 aliphatic carbocycles. The van der Waals surface area contributed by atoms with Crippen molar-refractivity contribution in [3.63, 3.8) is 0 Å². The molecule has 0 aliphatic heterocycles. The lowest BCUT2D eigenvalue weighted by Crippen LogP contribution is -2.28. The average molecular weight is 364 g/mol. The quantitative estimate of drug-likeness (QED) is 0.653. The first kappa shape index (κ1) is 17.5. The number of hydrogen-bond donors (Lipinski definition) is 2. The molecule has 140 valence electrons. The number of aromatic amines is 1. The largest absolute Gasteiger partial charge is 0.497 e. The molecule has 0 fully saturated rings. The molecule has 5 nitrogen and oxygen atoms in total. The number of amides is 1. The van der Waals surface area contributed by atoms with Crippen LogP contribution >= 0.6 is 0 Å². The Kier molecular flexibility index (Phi) is 5.01. The minimum atomic E-state index is -0.0685. The third-order valence-corrected chi connectivity index (χ3v) is 5.08. The number of methoxy groups -OCH3 is 1. The maximum atomic E-state index is 12.5. The van der Waals surface area contributed by atoms with Gasteiger partial charge in [-0.2, -0.15) is 0 Å². The van der Waals surface area contributed by atoms with Gasteiger partial charge in [0.05, 0.1) is 13.7 Å². The highest BCUT2D eigenvalue weighted by molar-refractivity contribution is 5.99. The number of rotatable bonds is 6. The van der Waals surface area contributed by atoms with Gasteiger partial charge in [0.25, 0.3) is 5.91 Å². The smallest absolute Gasteiger partial charge is 0.251 e. The highest BCUT2D eigenvalue weighted by Gasteiger charge is 2.16. The van der Waals surface area contributed by atoms with E-state index in [2.05, 4.69) is 10.3 Å². The number of aromatic nitrogens is 1. The van der Waals surface area contributed by atoms with Crippen molar-refractivity contribution in [1.29, 1.82) is 0 Å². The number of carbonyl (C=O) groups excluding carboxylic acids is 1. The molecule has 4 rings (SSSR count). The average Bonchev–Trinajstić information content (AvgIpc) is 3.09. The van der Waals surface area contributed by atoms with Crippen LogP contribution in [0.25, 0.3) is 10.9 Å². The normalized spacial score (nSPS) is 13.2. The summed E-state index contributed by atoms with van der Waals surface area (Å²) in [6, 6.07) is 13.3. The van der Waals surface area contributed by atoms with E-state index >= 15 is 0 Å².